The molecule has 14 atom stereocenters. The van der Waals surface area contributed by atoms with Crippen molar-refractivity contribution >= 4 is 11.8 Å². The average Bonchev–Trinajstić information content (AvgIpc) is 2.81. The Hall–Kier alpha value is -0.170. The number of aliphatic hydroxyl groups excluding tert-OH is 4. The number of thioether (sulfide) groups is 1. The number of rotatable bonds is 9. The maximum atomic E-state index is 11.1. The molecule has 35 heavy (non-hydrogen) atoms. The predicted octanol–water partition coefficient (Wildman–Crippen LogP) is -4.14. The van der Waals surface area contributed by atoms with E-state index in [2.05, 4.69) is 0 Å². The van der Waals surface area contributed by atoms with E-state index in [4.69, 9.17) is 47.6 Å². The fourth-order valence-corrected chi connectivity index (χ4v) is 5.72. The molecule has 1 saturated carbocycles. The molecule has 3 rings (SSSR count). The first kappa shape index (κ1) is 29.4. The van der Waals surface area contributed by atoms with Crippen molar-refractivity contribution < 1.29 is 39.4 Å². The van der Waals surface area contributed by atoms with E-state index in [9.17, 15) is 20.4 Å². The summed E-state index contributed by atoms with van der Waals surface area (Å²) in [6.07, 6.45) is -8.58. The van der Waals surface area contributed by atoms with E-state index in [1.807, 2.05) is 6.92 Å². The van der Waals surface area contributed by atoms with E-state index in [-0.39, 0.29) is 19.4 Å². The fourth-order valence-electron chi connectivity index (χ4n) is 4.76. The van der Waals surface area contributed by atoms with Crippen LogP contribution in [0, 0.1) is 0 Å². The van der Waals surface area contributed by atoms with Gasteiger partial charge >= 0.3 is 0 Å². The normalized spacial score (nSPS) is 49.2. The molecule has 0 radical (unpaired) electrons. The van der Waals surface area contributed by atoms with Crippen molar-refractivity contribution in [2.24, 2.45) is 28.7 Å². The molecule has 0 aromatic carbocycles. The summed E-state index contributed by atoms with van der Waals surface area (Å²) in [6.45, 7) is 2.12. The molecule has 3 fully saturated rings. The van der Waals surface area contributed by atoms with Crippen molar-refractivity contribution in [2.75, 3.05) is 18.1 Å². The Bertz CT molecular complexity index is 659. The molecule has 0 bridgehead atoms. The molecular formula is C21H43N5O8S. The minimum Gasteiger partial charge on any atom is -0.390 e. The largest absolute Gasteiger partial charge is 0.390 e. The third kappa shape index (κ3) is 6.83. The molecule has 1 aliphatic carbocycles. The number of nitrogens with two attached hydrogens (primary N) is 5. The first-order chi connectivity index (χ1) is 16.6. The Morgan fingerprint density at radius 2 is 1.40 bits per heavy atom. The van der Waals surface area contributed by atoms with Crippen LogP contribution in [-0.4, -0.2) is 124 Å². The molecule has 2 heterocycles. The van der Waals surface area contributed by atoms with Gasteiger partial charge in [0.25, 0.3) is 0 Å². The van der Waals surface area contributed by atoms with Crippen LogP contribution in [0.2, 0.25) is 0 Å². The lowest BCUT2D eigenvalue weighted by atomic mass is 9.84. The van der Waals surface area contributed by atoms with E-state index in [0.717, 1.165) is 12.2 Å². The lowest BCUT2D eigenvalue weighted by Gasteiger charge is -2.48. The molecule has 2 aliphatic heterocycles. The van der Waals surface area contributed by atoms with Crippen molar-refractivity contribution in [1.29, 1.82) is 0 Å². The summed E-state index contributed by atoms with van der Waals surface area (Å²) in [5.74, 6) is 1.35. The highest BCUT2D eigenvalue weighted by atomic mass is 32.2. The van der Waals surface area contributed by atoms with Gasteiger partial charge < -0.3 is 68.0 Å². The van der Waals surface area contributed by atoms with Crippen molar-refractivity contribution in [1.82, 2.24) is 0 Å². The van der Waals surface area contributed by atoms with Crippen LogP contribution >= 0.6 is 11.8 Å². The summed E-state index contributed by atoms with van der Waals surface area (Å²) in [5, 5.41) is 42.2. The van der Waals surface area contributed by atoms with Gasteiger partial charge in [-0.2, -0.15) is 11.8 Å². The van der Waals surface area contributed by atoms with Crippen molar-refractivity contribution in [2.45, 2.75) is 112 Å². The van der Waals surface area contributed by atoms with Gasteiger partial charge in [-0.25, -0.2) is 0 Å². The van der Waals surface area contributed by atoms with Crippen LogP contribution in [0.5, 0.6) is 0 Å². The predicted molar refractivity (Wildman–Crippen MR) is 129 cm³/mol. The minimum absolute atomic E-state index is 0.0738. The third-order valence-corrected chi connectivity index (χ3v) is 8.13. The van der Waals surface area contributed by atoms with Crippen LogP contribution in [0.15, 0.2) is 0 Å². The Labute approximate surface area is 209 Å². The maximum absolute atomic E-state index is 11.1. The highest BCUT2D eigenvalue weighted by molar-refractivity contribution is 7.99. The molecular weight excluding hydrogens is 482 g/mol. The molecule has 0 spiro atoms. The quantitative estimate of drug-likeness (QED) is 0.130. The summed E-state index contributed by atoms with van der Waals surface area (Å²) in [6, 6.07) is -3.00. The van der Waals surface area contributed by atoms with Gasteiger partial charge in [0.1, 0.15) is 24.4 Å². The molecule has 0 amide bonds. The van der Waals surface area contributed by atoms with E-state index in [1.165, 1.54) is 0 Å². The lowest BCUT2D eigenvalue weighted by Crippen LogP contribution is -2.68. The molecule has 14 N–H and O–H groups in total. The first-order valence-corrected chi connectivity index (χ1v) is 13.4. The minimum atomic E-state index is -1.34. The molecule has 0 aromatic heterocycles. The van der Waals surface area contributed by atoms with Crippen LogP contribution < -0.4 is 28.7 Å². The molecule has 3 aliphatic rings. The zero-order chi connectivity index (χ0) is 25.9. The van der Waals surface area contributed by atoms with Gasteiger partial charge in [-0.1, -0.05) is 6.92 Å². The average molecular weight is 526 g/mol. The molecule has 0 aromatic rings. The molecule has 2 saturated heterocycles. The van der Waals surface area contributed by atoms with Crippen molar-refractivity contribution in [3.8, 4) is 0 Å². The second-order valence-corrected chi connectivity index (χ2v) is 10.8. The molecule has 7 unspecified atom stereocenters. The Kier molecular flexibility index (Phi) is 11.0. The van der Waals surface area contributed by atoms with Gasteiger partial charge in [-0.15, -0.1) is 0 Å². The Morgan fingerprint density at radius 1 is 0.800 bits per heavy atom. The summed E-state index contributed by atoms with van der Waals surface area (Å²) in [4.78, 5) is 0. The lowest BCUT2D eigenvalue weighted by molar-refractivity contribution is -0.309. The topological polar surface area (TPSA) is 248 Å². The van der Waals surface area contributed by atoms with Gasteiger partial charge in [-0.05, 0) is 25.0 Å². The molecule has 206 valence electrons. The van der Waals surface area contributed by atoms with E-state index < -0.39 is 85.6 Å². The summed E-state index contributed by atoms with van der Waals surface area (Å²) >= 11 is 1.60. The highest BCUT2D eigenvalue weighted by Gasteiger charge is 2.50. The van der Waals surface area contributed by atoms with Crippen molar-refractivity contribution in [3.05, 3.63) is 0 Å². The smallest absolute Gasteiger partial charge is 0.186 e. The Morgan fingerprint density at radius 3 is 2.00 bits per heavy atom. The van der Waals surface area contributed by atoms with Gasteiger partial charge in [0.05, 0.1) is 36.5 Å². The fraction of sp³-hybridized carbons (Fsp3) is 1.00. The van der Waals surface area contributed by atoms with E-state index >= 15 is 0 Å². The number of ether oxygens (including phenoxy) is 4. The van der Waals surface area contributed by atoms with Crippen LogP contribution in [0.4, 0.5) is 0 Å². The van der Waals surface area contributed by atoms with Crippen LogP contribution in [0.25, 0.3) is 0 Å². The SMILES string of the molecule is CCCSCC1O[C@@H](O[C@@H]2C(N)C[C@H](N)C(O[C@@H]3OC(CN)[C@H](O)CC3N)C2O)[C@H](O)C(N)[C@H]1O. The second kappa shape index (κ2) is 13.1. The van der Waals surface area contributed by atoms with Gasteiger partial charge in [-0.3, -0.25) is 0 Å². The summed E-state index contributed by atoms with van der Waals surface area (Å²) < 4.78 is 23.5. The number of aliphatic hydroxyl groups is 4. The van der Waals surface area contributed by atoms with Crippen LogP contribution in [-0.2, 0) is 18.9 Å². The molecule has 13 nitrogen and oxygen atoms in total. The second-order valence-electron chi connectivity index (χ2n) is 9.68. The zero-order valence-corrected chi connectivity index (χ0v) is 20.9. The maximum Gasteiger partial charge on any atom is 0.186 e. The summed E-state index contributed by atoms with van der Waals surface area (Å²) in [5.41, 5.74) is 30.3. The van der Waals surface area contributed by atoms with E-state index in [0.29, 0.717) is 5.75 Å². The zero-order valence-electron chi connectivity index (χ0n) is 20.0. The van der Waals surface area contributed by atoms with Crippen molar-refractivity contribution in [3.63, 3.8) is 0 Å². The Balaban J connectivity index is 1.68. The third-order valence-electron chi connectivity index (χ3n) is 6.87. The highest BCUT2D eigenvalue weighted by Crippen LogP contribution is 2.31. The summed E-state index contributed by atoms with van der Waals surface area (Å²) in [7, 11) is 0. The first-order valence-electron chi connectivity index (χ1n) is 12.2. The number of hydrogen-bond acceptors (Lipinski definition) is 14. The van der Waals surface area contributed by atoms with Crippen LogP contribution in [0.1, 0.15) is 26.2 Å². The van der Waals surface area contributed by atoms with Gasteiger partial charge in [0.2, 0.25) is 0 Å². The van der Waals surface area contributed by atoms with Crippen LogP contribution in [0.3, 0.4) is 0 Å². The van der Waals surface area contributed by atoms with E-state index in [1.54, 1.807) is 11.8 Å². The molecule has 14 heteroatoms. The number of hydrogen-bond donors (Lipinski definition) is 9. The van der Waals surface area contributed by atoms with Gasteiger partial charge in [0.15, 0.2) is 12.6 Å². The monoisotopic (exact) mass is 525 g/mol. The van der Waals surface area contributed by atoms with Gasteiger partial charge in [0, 0.05) is 24.4 Å². The standard InChI is InChI=1S/C21H43N5O8S/c1-2-3-35-7-13-15(28)14(26)16(29)21(32-13)34-19-9(24)4-8(23)18(17(19)30)33-20-10(25)5-11(27)12(6-22)31-20/h8-21,27-30H,2-7,22-26H2,1H3/t8-,9?,10?,11+,12?,13?,14?,15-,16+,17?,18?,19+,20-,21-/m0/s1.